The second kappa shape index (κ2) is 5.59. The predicted octanol–water partition coefficient (Wildman–Crippen LogP) is 2.88. The molecule has 1 heterocycles. The first-order valence-corrected chi connectivity index (χ1v) is 7.46. The normalized spacial score (nSPS) is 23.1. The first-order chi connectivity index (χ1) is 9.25. The van der Waals surface area contributed by atoms with E-state index < -0.39 is 0 Å². The van der Waals surface area contributed by atoms with Gasteiger partial charge in [-0.05, 0) is 42.9 Å². The fourth-order valence-corrected chi connectivity index (χ4v) is 3.35. The monoisotopic (exact) mass is 262 g/mol. The van der Waals surface area contributed by atoms with Gasteiger partial charge in [0.2, 0.25) is 0 Å². The molecule has 19 heavy (non-hydrogen) atoms. The summed E-state index contributed by atoms with van der Waals surface area (Å²) in [4.78, 5) is 2.59. The Morgan fingerprint density at radius 3 is 2.58 bits per heavy atom. The summed E-state index contributed by atoms with van der Waals surface area (Å²) in [6, 6.07) is 6.18. The molecule has 0 amide bonds. The molecule has 2 aliphatic rings. The summed E-state index contributed by atoms with van der Waals surface area (Å²) in [5.41, 5.74) is 2.09. The van der Waals surface area contributed by atoms with E-state index in [4.69, 9.17) is 0 Å². The Kier molecular flexibility index (Phi) is 3.85. The van der Waals surface area contributed by atoms with E-state index in [2.05, 4.69) is 16.3 Å². The number of halogens is 1. The number of nitrogens with one attached hydrogen (secondary N) is 1. The zero-order valence-electron chi connectivity index (χ0n) is 11.7. The summed E-state index contributed by atoms with van der Waals surface area (Å²) in [5.74, 6) is 0.680. The highest BCUT2D eigenvalue weighted by molar-refractivity contribution is 5.27. The Labute approximate surface area is 115 Å². The van der Waals surface area contributed by atoms with E-state index in [1.807, 2.05) is 13.0 Å². The number of hydrogen-bond acceptors (Lipinski definition) is 2. The van der Waals surface area contributed by atoms with E-state index >= 15 is 0 Å². The van der Waals surface area contributed by atoms with Gasteiger partial charge in [0.15, 0.2) is 0 Å². The van der Waals surface area contributed by atoms with Crippen LogP contribution in [0.4, 0.5) is 4.39 Å². The largest absolute Gasteiger partial charge is 0.314 e. The van der Waals surface area contributed by atoms with Crippen molar-refractivity contribution in [2.75, 3.05) is 26.2 Å². The molecule has 1 N–H and O–H groups in total. The molecule has 1 aromatic rings. The molecule has 1 saturated carbocycles. The zero-order chi connectivity index (χ0) is 13.2. The topological polar surface area (TPSA) is 15.3 Å². The van der Waals surface area contributed by atoms with Crippen LogP contribution < -0.4 is 5.32 Å². The molecule has 2 fully saturated rings. The SMILES string of the molecule is Cc1cc([C@H](C2CCC2)N2CCNCC2)ccc1F. The Hall–Kier alpha value is -0.930. The van der Waals surface area contributed by atoms with E-state index in [0.29, 0.717) is 6.04 Å². The Balaban J connectivity index is 1.86. The smallest absolute Gasteiger partial charge is 0.126 e. The van der Waals surface area contributed by atoms with E-state index in [0.717, 1.165) is 37.7 Å². The van der Waals surface area contributed by atoms with Gasteiger partial charge >= 0.3 is 0 Å². The van der Waals surface area contributed by atoms with Crippen LogP contribution in [0.1, 0.15) is 36.4 Å². The Morgan fingerprint density at radius 1 is 1.26 bits per heavy atom. The lowest BCUT2D eigenvalue weighted by Crippen LogP contribution is -2.47. The van der Waals surface area contributed by atoms with Gasteiger partial charge in [0, 0.05) is 32.2 Å². The van der Waals surface area contributed by atoms with Crippen molar-refractivity contribution in [2.45, 2.75) is 32.2 Å². The number of rotatable bonds is 3. The number of aryl methyl sites for hydroxylation is 1. The highest BCUT2D eigenvalue weighted by Crippen LogP contribution is 2.41. The lowest BCUT2D eigenvalue weighted by Gasteiger charge is -2.43. The minimum Gasteiger partial charge on any atom is -0.314 e. The van der Waals surface area contributed by atoms with Crippen LogP contribution in [0.15, 0.2) is 18.2 Å². The number of piperazine rings is 1. The lowest BCUT2D eigenvalue weighted by molar-refractivity contribution is 0.0836. The maximum absolute atomic E-state index is 13.5. The van der Waals surface area contributed by atoms with Gasteiger partial charge < -0.3 is 5.32 Å². The highest BCUT2D eigenvalue weighted by Gasteiger charge is 2.33. The van der Waals surface area contributed by atoms with Crippen molar-refractivity contribution >= 4 is 0 Å². The van der Waals surface area contributed by atoms with Crippen LogP contribution in [0.2, 0.25) is 0 Å². The van der Waals surface area contributed by atoms with Crippen LogP contribution in [0.5, 0.6) is 0 Å². The molecule has 104 valence electrons. The van der Waals surface area contributed by atoms with Crippen LogP contribution >= 0.6 is 0 Å². The van der Waals surface area contributed by atoms with Crippen LogP contribution in [0.3, 0.4) is 0 Å². The average molecular weight is 262 g/mol. The molecule has 0 bridgehead atoms. The predicted molar refractivity (Wildman–Crippen MR) is 75.7 cm³/mol. The third-order valence-electron chi connectivity index (χ3n) is 4.66. The summed E-state index contributed by atoms with van der Waals surface area (Å²) in [5, 5.41) is 3.41. The third-order valence-corrected chi connectivity index (χ3v) is 4.66. The molecule has 1 aromatic carbocycles. The summed E-state index contributed by atoms with van der Waals surface area (Å²) in [7, 11) is 0. The van der Waals surface area contributed by atoms with Gasteiger partial charge in [-0.15, -0.1) is 0 Å². The minimum atomic E-state index is -0.0866. The maximum Gasteiger partial charge on any atom is 0.126 e. The minimum absolute atomic E-state index is 0.0866. The van der Waals surface area contributed by atoms with Gasteiger partial charge in [0.25, 0.3) is 0 Å². The molecule has 1 aliphatic carbocycles. The Morgan fingerprint density at radius 2 is 2.00 bits per heavy atom. The van der Waals surface area contributed by atoms with E-state index in [1.54, 1.807) is 6.07 Å². The summed E-state index contributed by atoms with van der Waals surface area (Å²) >= 11 is 0. The van der Waals surface area contributed by atoms with Crippen molar-refractivity contribution in [1.82, 2.24) is 10.2 Å². The molecule has 3 rings (SSSR count). The quantitative estimate of drug-likeness (QED) is 0.901. The van der Waals surface area contributed by atoms with Crippen molar-refractivity contribution in [3.63, 3.8) is 0 Å². The van der Waals surface area contributed by atoms with Crippen molar-refractivity contribution in [1.29, 1.82) is 0 Å². The number of hydrogen-bond donors (Lipinski definition) is 1. The molecule has 3 heteroatoms. The first-order valence-electron chi connectivity index (χ1n) is 7.46. The van der Waals surface area contributed by atoms with Crippen LogP contribution in [-0.4, -0.2) is 31.1 Å². The average Bonchev–Trinajstić information content (AvgIpc) is 2.38. The van der Waals surface area contributed by atoms with Crippen molar-refractivity contribution in [3.8, 4) is 0 Å². The molecule has 2 nitrogen and oxygen atoms in total. The summed E-state index contributed by atoms with van der Waals surface area (Å²) in [6.07, 6.45) is 4.00. The molecule has 0 radical (unpaired) electrons. The maximum atomic E-state index is 13.5. The highest BCUT2D eigenvalue weighted by atomic mass is 19.1. The van der Waals surface area contributed by atoms with Crippen molar-refractivity contribution in [2.24, 2.45) is 5.92 Å². The van der Waals surface area contributed by atoms with E-state index in [-0.39, 0.29) is 5.82 Å². The van der Waals surface area contributed by atoms with Crippen LogP contribution in [0.25, 0.3) is 0 Å². The van der Waals surface area contributed by atoms with Gasteiger partial charge in [-0.2, -0.15) is 0 Å². The lowest BCUT2D eigenvalue weighted by atomic mass is 9.76. The van der Waals surface area contributed by atoms with E-state index in [9.17, 15) is 4.39 Å². The molecule has 1 atom stereocenters. The molecular formula is C16H23FN2. The second-order valence-electron chi connectivity index (χ2n) is 5.93. The van der Waals surface area contributed by atoms with Crippen molar-refractivity contribution < 1.29 is 4.39 Å². The Bertz CT molecular complexity index is 436. The van der Waals surface area contributed by atoms with Gasteiger partial charge in [0.05, 0.1) is 0 Å². The van der Waals surface area contributed by atoms with Crippen LogP contribution in [0, 0.1) is 18.7 Å². The summed E-state index contributed by atoms with van der Waals surface area (Å²) in [6.45, 7) is 6.23. The molecule has 1 aliphatic heterocycles. The molecule has 1 saturated heterocycles. The molecule has 0 aromatic heterocycles. The molecule has 0 unspecified atom stereocenters. The van der Waals surface area contributed by atoms with Gasteiger partial charge in [-0.1, -0.05) is 18.6 Å². The standard InChI is InChI=1S/C16H23FN2/c1-12-11-14(5-6-15(12)17)16(13-3-2-4-13)19-9-7-18-8-10-19/h5-6,11,13,16,18H,2-4,7-10H2,1H3/t16-/m0/s1. The second-order valence-corrected chi connectivity index (χ2v) is 5.93. The fourth-order valence-electron chi connectivity index (χ4n) is 3.35. The summed E-state index contributed by atoms with van der Waals surface area (Å²) < 4.78 is 13.5. The molecule has 0 spiro atoms. The fraction of sp³-hybridized carbons (Fsp3) is 0.625. The van der Waals surface area contributed by atoms with Gasteiger partial charge in [-0.3, -0.25) is 4.90 Å². The van der Waals surface area contributed by atoms with Crippen LogP contribution in [-0.2, 0) is 0 Å². The van der Waals surface area contributed by atoms with Gasteiger partial charge in [-0.25, -0.2) is 4.39 Å². The zero-order valence-corrected chi connectivity index (χ0v) is 11.7. The van der Waals surface area contributed by atoms with E-state index in [1.165, 1.54) is 24.8 Å². The van der Waals surface area contributed by atoms with Crippen molar-refractivity contribution in [3.05, 3.63) is 35.1 Å². The first kappa shape index (κ1) is 13.1. The number of benzene rings is 1. The number of nitrogens with zero attached hydrogens (tertiary/aromatic N) is 1. The third kappa shape index (κ3) is 2.67. The molecular weight excluding hydrogens is 239 g/mol. The van der Waals surface area contributed by atoms with Gasteiger partial charge in [0.1, 0.15) is 5.82 Å².